The van der Waals surface area contributed by atoms with Gasteiger partial charge in [0.2, 0.25) is 0 Å². The van der Waals surface area contributed by atoms with Crippen LogP contribution in [0.25, 0.3) is 0 Å². The highest BCUT2D eigenvalue weighted by Gasteiger charge is 2.35. The van der Waals surface area contributed by atoms with Crippen LogP contribution in [0.5, 0.6) is 0 Å². The summed E-state index contributed by atoms with van der Waals surface area (Å²) in [5, 5.41) is 3.78. The van der Waals surface area contributed by atoms with Gasteiger partial charge in [0.1, 0.15) is 0 Å². The van der Waals surface area contributed by atoms with E-state index >= 15 is 0 Å². The lowest BCUT2D eigenvalue weighted by Crippen LogP contribution is -2.63. The van der Waals surface area contributed by atoms with Crippen LogP contribution in [-0.2, 0) is 0 Å². The van der Waals surface area contributed by atoms with Gasteiger partial charge in [-0.2, -0.15) is 0 Å². The molecule has 0 spiro atoms. The minimum absolute atomic E-state index is 0.328. The van der Waals surface area contributed by atoms with Gasteiger partial charge in [0.15, 0.2) is 0 Å². The molecule has 114 valence electrons. The number of piperazine rings is 1. The van der Waals surface area contributed by atoms with Gasteiger partial charge in [0.05, 0.1) is 0 Å². The zero-order valence-electron chi connectivity index (χ0n) is 14.0. The number of rotatable bonds is 8. The molecule has 0 radical (unpaired) electrons. The molecule has 1 rings (SSSR count). The van der Waals surface area contributed by atoms with Crippen LogP contribution in [-0.4, -0.2) is 36.1 Å². The molecule has 1 fully saturated rings. The quantitative estimate of drug-likeness (QED) is 0.668. The molecule has 0 saturated carbocycles. The second-order valence-corrected chi connectivity index (χ2v) is 6.99. The second-order valence-electron chi connectivity index (χ2n) is 6.99. The molecule has 0 aromatic rings. The summed E-state index contributed by atoms with van der Waals surface area (Å²) in [5.74, 6) is 0.754. The Morgan fingerprint density at radius 1 is 1.16 bits per heavy atom. The minimum atomic E-state index is 0.328. The van der Waals surface area contributed by atoms with Gasteiger partial charge in [-0.1, -0.05) is 53.4 Å². The summed E-state index contributed by atoms with van der Waals surface area (Å²) in [6.07, 6.45) is 8.18. The lowest BCUT2D eigenvalue weighted by Gasteiger charge is -2.47. The molecule has 0 aliphatic carbocycles. The van der Waals surface area contributed by atoms with Crippen molar-refractivity contribution in [1.82, 2.24) is 10.2 Å². The average Bonchev–Trinajstić information content (AvgIpc) is 2.38. The van der Waals surface area contributed by atoms with Gasteiger partial charge >= 0.3 is 0 Å². The van der Waals surface area contributed by atoms with Crippen LogP contribution >= 0.6 is 0 Å². The summed E-state index contributed by atoms with van der Waals surface area (Å²) in [5.41, 5.74) is 0.328. The Balaban J connectivity index is 2.43. The van der Waals surface area contributed by atoms with E-state index in [0.717, 1.165) is 18.5 Å². The Labute approximate surface area is 121 Å². The van der Waals surface area contributed by atoms with Crippen LogP contribution < -0.4 is 5.32 Å². The maximum Gasteiger partial charge on any atom is 0.0278 e. The van der Waals surface area contributed by atoms with Gasteiger partial charge in [-0.05, 0) is 32.2 Å². The van der Waals surface area contributed by atoms with Crippen molar-refractivity contribution in [2.24, 2.45) is 5.92 Å². The lowest BCUT2D eigenvalue weighted by molar-refractivity contribution is 0.0588. The van der Waals surface area contributed by atoms with E-state index in [0.29, 0.717) is 5.54 Å². The molecule has 2 nitrogen and oxygen atoms in total. The molecule has 1 aliphatic heterocycles. The van der Waals surface area contributed by atoms with E-state index in [1.165, 1.54) is 51.6 Å². The zero-order valence-corrected chi connectivity index (χ0v) is 14.0. The number of nitrogens with zero attached hydrogens (tertiary/aromatic N) is 1. The highest BCUT2D eigenvalue weighted by atomic mass is 15.3. The second kappa shape index (κ2) is 8.26. The maximum absolute atomic E-state index is 3.78. The largest absolute Gasteiger partial charge is 0.309 e. The summed E-state index contributed by atoms with van der Waals surface area (Å²) in [7, 11) is 0. The summed E-state index contributed by atoms with van der Waals surface area (Å²) in [6.45, 7) is 15.4. The van der Waals surface area contributed by atoms with E-state index in [9.17, 15) is 0 Å². The molecule has 0 amide bonds. The smallest absolute Gasteiger partial charge is 0.0278 e. The molecular formula is C17H36N2. The SMILES string of the molecule is CCCCCCCN1CC(C)(CC)NCC1C(C)C. The van der Waals surface area contributed by atoms with Crippen LogP contribution in [0.3, 0.4) is 0 Å². The van der Waals surface area contributed by atoms with Gasteiger partial charge < -0.3 is 5.32 Å². The Morgan fingerprint density at radius 2 is 1.84 bits per heavy atom. The Hall–Kier alpha value is -0.0800. The number of hydrogen-bond donors (Lipinski definition) is 1. The zero-order chi connectivity index (χ0) is 14.3. The van der Waals surface area contributed by atoms with Gasteiger partial charge in [-0.15, -0.1) is 0 Å². The first-order valence-corrected chi connectivity index (χ1v) is 8.51. The fourth-order valence-electron chi connectivity index (χ4n) is 3.16. The molecule has 19 heavy (non-hydrogen) atoms. The van der Waals surface area contributed by atoms with Crippen molar-refractivity contribution < 1.29 is 0 Å². The van der Waals surface area contributed by atoms with E-state index in [4.69, 9.17) is 0 Å². The molecular weight excluding hydrogens is 232 g/mol. The Bertz CT molecular complexity index is 239. The molecule has 1 N–H and O–H groups in total. The van der Waals surface area contributed by atoms with Crippen LogP contribution in [0, 0.1) is 5.92 Å². The number of nitrogens with one attached hydrogen (secondary N) is 1. The van der Waals surface area contributed by atoms with Crippen LogP contribution in [0.1, 0.15) is 73.1 Å². The summed E-state index contributed by atoms with van der Waals surface area (Å²) in [4.78, 5) is 2.76. The summed E-state index contributed by atoms with van der Waals surface area (Å²) >= 11 is 0. The fourth-order valence-corrected chi connectivity index (χ4v) is 3.16. The minimum Gasteiger partial charge on any atom is -0.309 e. The van der Waals surface area contributed by atoms with E-state index in [1.807, 2.05) is 0 Å². The predicted molar refractivity (Wildman–Crippen MR) is 85.7 cm³/mol. The predicted octanol–water partition coefficient (Wildman–Crippen LogP) is 4.06. The van der Waals surface area contributed by atoms with Gasteiger partial charge in [0, 0.05) is 24.7 Å². The van der Waals surface area contributed by atoms with Gasteiger partial charge in [-0.3, -0.25) is 4.90 Å². The third kappa shape index (κ3) is 5.43. The van der Waals surface area contributed by atoms with Crippen molar-refractivity contribution in [2.45, 2.75) is 84.7 Å². The van der Waals surface area contributed by atoms with Crippen molar-refractivity contribution in [3.8, 4) is 0 Å². The van der Waals surface area contributed by atoms with Crippen LogP contribution in [0.15, 0.2) is 0 Å². The molecule has 2 heteroatoms. The summed E-state index contributed by atoms with van der Waals surface area (Å²) in [6, 6.07) is 0.728. The molecule has 2 atom stereocenters. The first kappa shape index (κ1) is 17.0. The molecule has 0 bridgehead atoms. The van der Waals surface area contributed by atoms with E-state index in [1.54, 1.807) is 0 Å². The van der Waals surface area contributed by atoms with E-state index in [-0.39, 0.29) is 0 Å². The third-order valence-corrected chi connectivity index (χ3v) is 4.86. The first-order valence-electron chi connectivity index (χ1n) is 8.51. The number of hydrogen-bond acceptors (Lipinski definition) is 2. The normalized spacial score (nSPS) is 29.1. The van der Waals surface area contributed by atoms with E-state index < -0.39 is 0 Å². The van der Waals surface area contributed by atoms with E-state index in [2.05, 4.69) is 44.8 Å². The van der Waals surface area contributed by atoms with Crippen molar-refractivity contribution in [3.63, 3.8) is 0 Å². The van der Waals surface area contributed by atoms with Crippen molar-refractivity contribution >= 4 is 0 Å². The monoisotopic (exact) mass is 268 g/mol. The third-order valence-electron chi connectivity index (χ3n) is 4.86. The first-order chi connectivity index (χ1) is 9.02. The topological polar surface area (TPSA) is 15.3 Å². The number of unbranched alkanes of at least 4 members (excludes halogenated alkanes) is 4. The van der Waals surface area contributed by atoms with Crippen LogP contribution in [0.4, 0.5) is 0 Å². The molecule has 1 aliphatic rings. The average molecular weight is 268 g/mol. The van der Waals surface area contributed by atoms with Crippen LogP contribution in [0.2, 0.25) is 0 Å². The molecule has 1 saturated heterocycles. The Kier molecular flexibility index (Phi) is 7.38. The molecule has 0 aromatic heterocycles. The standard InChI is InChI=1S/C17H36N2/c1-6-8-9-10-11-12-19-14-17(5,7-2)18-13-16(19)15(3)4/h15-16,18H,6-14H2,1-5H3. The Morgan fingerprint density at radius 3 is 2.42 bits per heavy atom. The van der Waals surface area contributed by atoms with Crippen molar-refractivity contribution in [1.29, 1.82) is 0 Å². The maximum atomic E-state index is 3.78. The summed E-state index contributed by atoms with van der Waals surface area (Å²) < 4.78 is 0. The molecule has 1 heterocycles. The van der Waals surface area contributed by atoms with Gasteiger partial charge in [0.25, 0.3) is 0 Å². The van der Waals surface area contributed by atoms with Gasteiger partial charge in [-0.25, -0.2) is 0 Å². The molecule has 2 unspecified atom stereocenters. The highest BCUT2D eigenvalue weighted by molar-refractivity contribution is 4.95. The lowest BCUT2D eigenvalue weighted by atomic mass is 9.89. The fraction of sp³-hybridized carbons (Fsp3) is 1.00. The molecule has 0 aromatic carbocycles. The highest BCUT2D eigenvalue weighted by Crippen LogP contribution is 2.23. The van der Waals surface area contributed by atoms with Crippen molar-refractivity contribution in [3.05, 3.63) is 0 Å². The van der Waals surface area contributed by atoms with Crippen molar-refractivity contribution in [2.75, 3.05) is 19.6 Å².